The number of halogens is 1. The molecule has 2 aromatic carbocycles. The number of carbonyl (C=O) groups is 1. The molecule has 5 rings (SSSR count). The van der Waals surface area contributed by atoms with Gasteiger partial charge >= 0.3 is 0 Å². The summed E-state index contributed by atoms with van der Waals surface area (Å²) in [6.45, 7) is 4.78. The predicted molar refractivity (Wildman–Crippen MR) is 158 cm³/mol. The Labute approximate surface area is 233 Å². The molecule has 0 spiro atoms. The molecule has 1 aliphatic rings. The number of anilines is 3. The van der Waals surface area contributed by atoms with Gasteiger partial charge in [-0.2, -0.15) is 10.1 Å². The number of rotatable bonds is 9. The number of piperazine rings is 1. The van der Waals surface area contributed by atoms with Gasteiger partial charge in [-0.15, -0.1) is 0 Å². The summed E-state index contributed by atoms with van der Waals surface area (Å²) in [4.78, 5) is 28.7. The van der Waals surface area contributed by atoms with E-state index in [1.807, 2.05) is 61.5 Å². The molecule has 0 amide bonds. The quantitative estimate of drug-likeness (QED) is 0.300. The zero-order chi connectivity index (χ0) is 27.4. The molecule has 3 heterocycles. The number of allylic oxidation sites excluding steroid dienone is 1. The predicted octanol–water partition coefficient (Wildman–Crippen LogP) is 4.40. The van der Waals surface area contributed by atoms with Crippen LogP contribution in [0.4, 0.5) is 17.3 Å². The second kappa shape index (κ2) is 11.9. The molecule has 1 aliphatic heterocycles. The summed E-state index contributed by atoms with van der Waals surface area (Å²) < 4.78 is 0. The lowest BCUT2D eigenvalue weighted by molar-refractivity contribution is -0.114. The largest absolute Gasteiger partial charge is 0.369 e. The molecule has 1 fully saturated rings. The van der Waals surface area contributed by atoms with E-state index in [1.54, 1.807) is 6.08 Å². The van der Waals surface area contributed by atoms with Crippen LogP contribution in [0.3, 0.4) is 0 Å². The molecule has 2 N–H and O–H groups in total. The molecule has 0 aliphatic carbocycles. The fourth-order valence-corrected chi connectivity index (χ4v) is 4.83. The molecule has 10 heteroatoms. The van der Waals surface area contributed by atoms with Gasteiger partial charge in [-0.3, -0.25) is 9.89 Å². The number of ketones is 1. The summed E-state index contributed by atoms with van der Waals surface area (Å²) in [6, 6.07) is 16.1. The average molecular weight is 545 g/mol. The number of fused-ring (bicyclic) bond motifs is 1. The van der Waals surface area contributed by atoms with E-state index < -0.39 is 0 Å². The molecular weight excluding hydrogens is 512 g/mol. The second-order valence-corrected chi connectivity index (χ2v) is 10.5. The van der Waals surface area contributed by atoms with E-state index in [1.165, 1.54) is 0 Å². The lowest BCUT2D eigenvalue weighted by Gasteiger charge is -2.34. The number of hydrogen-bond donors (Lipinski definition) is 2. The van der Waals surface area contributed by atoms with Crippen LogP contribution in [0.15, 0.2) is 60.7 Å². The van der Waals surface area contributed by atoms with Crippen molar-refractivity contribution in [1.82, 2.24) is 30.0 Å². The maximum Gasteiger partial charge on any atom is 0.229 e. The Morgan fingerprint density at radius 1 is 1.10 bits per heavy atom. The highest BCUT2D eigenvalue weighted by molar-refractivity contribution is 6.35. The van der Waals surface area contributed by atoms with E-state index in [-0.39, 0.29) is 5.78 Å². The first-order chi connectivity index (χ1) is 18.9. The molecule has 202 valence electrons. The van der Waals surface area contributed by atoms with Crippen LogP contribution >= 0.6 is 11.6 Å². The molecule has 39 heavy (non-hydrogen) atoms. The van der Waals surface area contributed by atoms with E-state index in [2.05, 4.69) is 49.5 Å². The van der Waals surface area contributed by atoms with Gasteiger partial charge in [-0.1, -0.05) is 41.9 Å². The summed E-state index contributed by atoms with van der Waals surface area (Å²) in [5.74, 6) is 0.468. The van der Waals surface area contributed by atoms with Crippen molar-refractivity contribution in [1.29, 1.82) is 0 Å². The minimum Gasteiger partial charge on any atom is -0.369 e. The summed E-state index contributed by atoms with van der Waals surface area (Å²) in [6.07, 6.45) is 3.82. The van der Waals surface area contributed by atoms with Crippen LogP contribution in [0, 0.1) is 0 Å². The Morgan fingerprint density at radius 3 is 2.69 bits per heavy atom. The zero-order valence-electron chi connectivity index (χ0n) is 22.5. The maximum absolute atomic E-state index is 12.5. The van der Waals surface area contributed by atoms with Crippen molar-refractivity contribution >= 4 is 45.7 Å². The number of benzene rings is 2. The Bertz CT molecular complexity index is 1490. The minimum atomic E-state index is 0.0470. The molecule has 0 radical (unpaired) electrons. The molecule has 9 nitrogen and oxygen atoms in total. The first kappa shape index (κ1) is 26.8. The minimum absolute atomic E-state index is 0.0470. The number of aromatic nitrogens is 4. The van der Waals surface area contributed by atoms with Gasteiger partial charge in [0.1, 0.15) is 5.15 Å². The molecule has 2 aromatic heterocycles. The van der Waals surface area contributed by atoms with Gasteiger partial charge in [0.25, 0.3) is 0 Å². The third kappa shape index (κ3) is 6.62. The van der Waals surface area contributed by atoms with Crippen molar-refractivity contribution in [3.63, 3.8) is 0 Å². The molecule has 0 saturated carbocycles. The van der Waals surface area contributed by atoms with Gasteiger partial charge in [0.2, 0.25) is 5.95 Å². The van der Waals surface area contributed by atoms with Gasteiger partial charge in [0.15, 0.2) is 11.4 Å². The highest BCUT2D eigenvalue weighted by Gasteiger charge is 2.18. The topological polar surface area (TPSA) is 93.3 Å². The monoisotopic (exact) mass is 544 g/mol. The molecule has 4 aromatic rings. The first-order valence-corrected chi connectivity index (χ1v) is 13.4. The van der Waals surface area contributed by atoms with E-state index in [4.69, 9.17) is 16.6 Å². The Balaban J connectivity index is 1.41. The van der Waals surface area contributed by atoms with Crippen LogP contribution < -0.4 is 10.2 Å². The van der Waals surface area contributed by atoms with Crippen molar-refractivity contribution in [3.05, 3.63) is 71.4 Å². The summed E-state index contributed by atoms with van der Waals surface area (Å²) >= 11 is 6.47. The molecule has 0 unspecified atom stereocenters. The van der Waals surface area contributed by atoms with Crippen LogP contribution in [-0.2, 0) is 11.2 Å². The fraction of sp³-hybridized carbons (Fsp3) is 0.310. The number of nitrogens with zero attached hydrogens (tertiary/aromatic N) is 6. The highest BCUT2D eigenvalue weighted by atomic mass is 35.5. The third-order valence-corrected chi connectivity index (χ3v) is 6.97. The lowest BCUT2D eigenvalue weighted by atomic mass is 10.0. The fourth-order valence-electron chi connectivity index (χ4n) is 4.61. The summed E-state index contributed by atoms with van der Waals surface area (Å²) in [5.41, 5.74) is 4.90. The number of carbonyl (C=O) groups excluding carboxylic acids is 1. The van der Waals surface area contributed by atoms with E-state index in [0.29, 0.717) is 34.2 Å². The normalized spacial score (nSPS) is 14.5. The van der Waals surface area contributed by atoms with Gasteiger partial charge in [-0.25, -0.2) is 4.98 Å². The number of aromatic amines is 1. The SMILES string of the molecule is CN(C)C/C=C/C(=O)Cc1cccc(-c2nc(Nc3cccc(N4CCN(C)CC4)c3)nc3n[nH]c(Cl)c23)c1. The lowest BCUT2D eigenvalue weighted by Crippen LogP contribution is -2.44. The van der Waals surface area contributed by atoms with Gasteiger partial charge in [0.05, 0.1) is 11.1 Å². The van der Waals surface area contributed by atoms with Gasteiger partial charge < -0.3 is 20.0 Å². The van der Waals surface area contributed by atoms with Crippen molar-refractivity contribution in [2.75, 3.05) is 64.1 Å². The zero-order valence-corrected chi connectivity index (χ0v) is 23.2. The van der Waals surface area contributed by atoms with Crippen molar-refractivity contribution in [2.24, 2.45) is 0 Å². The molecular formula is C29H33ClN8O. The van der Waals surface area contributed by atoms with Crippen LogP contribution in [-0.4, -0.2) is 89.6 Å². The molecule has 1 saturated heterocycles. The average Bonchev–Trinajstić information content (AvgIpc) is 3.29. The first-order valence-electron chi connectivity index (χ1n) is 13.0. The second-order valence-electron chi connectivity index (χ2n) is 10.1. The van der Waals surface area contributed by atoms with E-state index >= 15 is 0 Å². The van der Waals surface area contributed by atoms with E-state index in [0.717, 1.165) is 55.2 Å². The number of likely N-dealkylation sites (N-methyl/N-ethyl adjacent to an activating group) is 2. The van der Waals surface area contributed by atoms with Crippen LogP contribution in [0.5, 0.6) is 0 Å². The van der Waals surface area contributed by atoms with Crippen molar-refractivity contribution in [2.45, 2.75) is 6.42 Å². The summed E-state index contributed by atoms with van der Waals surface area (Å²) in [7, 11) is 6.09. The Kier molecular flexibility index (Phi) is 8.21. The van der Waals surface area contributed by atoms with Crippen LogP contribution in [0.25, 0.3) is 22.3 Å². The standard InChI is InChI=1S/C29H33ClN8O/c1-36(2)12-6-11-24(39)18-20-7-4-8-21(17-20)26-25-27(30)34-35-28(25)33-29(32-26)31-22-9-5-10-23(19-22)38-15-13-37(3)14-16-38/h4-11,17,19H,12-16,18H2,1-3H3,(H2,31,32,33,34,35)/b11-6+. The summed E-state index contributed by atoms with van der Waals surface area (Å²) in [5, 5.41) is 11.5. The maximum atomic E-state index is 12.5. The smallest absolute Gasteiger partial charge is 0.229 e. The van der Waals surface area contributed by atoms with Crippen molar-refractivity contribution in [3.8, 4) is 11.3 Å². The molecule has 0 atom stereocenters. The molecule has 0 bridgehead atoms. The number of H-pyrrole nitrogens is 1. The number of hydrogen-bond acceptors (Lipinski definition) is 8. The third-order valence-electron chi connectivity index (χ3n) is 6.69. The number of nitrogens with one attached hydrogen (secondary N) is 2. The van der Waals surface area contributed by atoms with Gasteiger partial charge in [-0.05, 0) is 57.0 Å². The Morgan fingerprint density at radius 2 is 1.90 bits per heavy atom. The highest BCUT2D eigenvalue weighted by Crippen LogP contribution is 2.32. The Hall–Kier alpha value is -3.79. The van der Waals surface area contributed by atoms with Crippen LogP contribution in [0.1, 0.15) is 5.56 Å². The van der Waals surface area contributed by atoms with E-state index in [9.17, 15) is 4.79 Å². The van der Waals surface area contributed by atoms with Gasteiger partial charge in [0, 0.05) is 56.1 Å². The van der Waals surface area contributed by atoms with Crippen LogP contribution in [0.2, 0.25) is 5.15 Å². The van der Waals surface area contributed by atoms with Crippen molar-refractivity contribution < 1.29 is 4.79 Å².